The topological polar surface area (TPSA) is 113 Å². The van der Waals surface area contributed by atoms with Gasteiger partial charge in [-0.25, -0.2) is 0 Å². The summed E-state index contributed by atoms with van der Waals surface area (Å²) in [6.45, 7) is 25.1. The first kappa shape index (κ1) is 39.1. The van der Waals surface area contributed by atoms with Crippen LogP contribution in [0.1, 0.15) is 0 Å². The third-order valence-electron chi connectivity index (χ3n) is 2.56. The molecule has 0 saturated heterocycles. The number of rotatable bonds is 19. The maximum atomic E-state index is 8.66. The van der Waals surface area contributed by atoms with Gasteiger partial charge in [0.25, 0.3) is 0 Å². The van der Waals surface area contributed by atoms with E-state index in [9.17, 15) is 0 Å². The molecule has 0 atom stereocenters. The van der Waals surface area contributed by atoms with Crippen LogP contribution >= 0.6 is 0 Å². The molecule has 11 nitrogen and oxygen atoms in total. The second-order valence-electron chi connectivity index (χ2n) is 7.59. The molecule has 0 fully saturated rings. The van der Waals surface area contributed by atoms with Crippen molar-refractivity contribution in [2.24, 2.45) is 0 Å². The maximum absolute atomic E-state index is 8.66. The Morgan fingerprint density at radius 1 is 0.486 bits per heavy atom. The highest BCUT2D eigenvalue weighted by Crippen LogP contribution is 2.05. The fourth-order valence-electron chi connectivity index (χ4n) is 1.86. The molecule has 0 aliphatic rings. The molecule has 0 rings (SSSR count). The van der Waals surface area contributed by atoms with Crippen LogP contribution in [0.15, 0.2) is 0 Å². The Morgan fingerprint density at radius 3 is 1.00 bits per heavy atom. The summed E-state index contributed by atoms with van der Waals surface area (Å²) in [6.07, 6.45) is 0. The first-order chi connectivity index (χ1) is 16.1. The van der Waals surface area contributed by atoms with E-state index in [1.807, 2.05) is 85.1 Å². The standard InChI is InChI=1S/C10H32O10Si10.C3H10OSi/c1-21-11-12-23(3)14-25(5)16-27(7)18-29(9)20-30(10)19-28(8)17-26(6)15-24(4)13-22-2;1-5(2,3)4/h21-22H,1-10H3;4H,1-3H3. The van der Waals surface area contributed by atoms with Crippen molar-refractivity contribution in [1.29, 1.82) is 0 Å². The van der Waals surface area contributed by atoms with Gasteiger partial charge in [-0.05, 0) is 85.1 Å². The second-order valence-corrected chi connectivity index (χ2v) is 27.8. The predicted octanol–water partition coefficient (Wildman–Crippen LogP) is 1.62. The van der Waals surface area contributed by atoms with Crippen molar-refractivity contribution in [3.63, 3.8) is 0 Å². The van der Waals surface area contributed by atoms with Crippen LogP contribution in [-0.4, -0.2) is 107 Å². The Bertz CT molecular complexity index is 493. The average Bonchev–Trinajstić information content (AvgIpc) is 2.63. The number of hydrogen-bond donors (Lipinski definition) is 1. The van der Waals surface area contributed by atoms with E-state index in [1.165, 1.54) is 0 Å². The fraction of sp³-hybridized carbons (Fsp3) is 1.00. The highest BCUT2D eigenvalue weighted by atomic mass is 28.5. The highest BCUT2D eigenvalue weighted by molar-refractivity contribution is 6.71. The molecule has 0 spiro atoms. The van der Waals surface area contributed by atoms with Crippen molar-refractivity contribution < 1.29 is 46.9 Å². The van der Waals surface area contributed by atoms with Crippen LogP contribution in [0.3, 0.4) is 0 Å². The summed E-state index contributed by atoms with van der Waals surface area (Å²) in [4.78, 5) is 8.66. The minimum Gasteiger partial charge on any atom is -0.438 e. The summed E-state index contributed by atoms with van der Waals surface area (Å²) < 4.78 is 56.8. The van der Waals surface area contributed by atoms with E-state index in [0.717, 1.165) is 0 Å². The van der Waals surface area contributed by atoms with Crippen LogP contribution in [0.25, 0.3) is 0 Å². The zero-order chi connectivity index (χ0) is 27.6. The first-order valence-electron chi connectivity index (χ1n) is 10.8. The van der Waals surface area contributed by atoms with Gasteiger partial charge < -0.3 is 37.7 Å². The summed E-state index contributed by atoms with van der Waals surface area (Å²) in [7, 11) is -13.2. The number of hydrogen-bond acceptors (Lipinski definition) is 11. The Balaban J connectivity index is 0. The van der Waals surface area contributed by atoms with E-state index in [1.54, 1.807) is 0 Å². The minimum absolute atomic E-state index is 0.0111. The maximum Gasteiger partial charge on any atom is 0.408 e. The van der Waals surface area contributed by atoms with Gasteiger partial charge in [0.05, 0.1) is 0 Å². The van der Waals surface area contributed by atoms with Crippen LogP contribution in [0.2, 0.25) is 85.1 Å². The Morgan fingerprint density at radius 2 is 0.743 bits per heavy atom. The molecule has 0 aromatic rings. The van der Waals surface area contributed by atoms with Crippen molar-refractivity contribution in [2.45, 2.75) is 85.1 Å². The molecule has 0 unspecified atom stereocenters. The van der Waals surface area contributed by atoms with Crippen molar-refractivity contribution in [1.82, 2.24) is 0 Å². The summed E-state index contributed by atoms with van der Waals surface area (Å²) in [5, 5.41) is 0. The van der Waals surface area contributed by atoms with Gasteiger partial charge in [-0.15, -0.1) is 0 Å². The summed E-state index contributed by atoms with van der Waals surface area (Å²) in [5.74, 6) is 0. The van der Waals surface area contributed by atoms with Gasteiger partial charge in [0.15, 0.2) is 18.1 Å². The summed E-state index contributed by atoms with van der Waals surface area (Å²) in [6, 6.07) is 0. The fourth-order valence-corrected chi connectivity index (χ4v) is 19.5. The van der Waals surface area contributed by atoms with E-state index < -0.39 is 82.6 Å². The molecule has 10 radical (unpaired) electrons. The molecule has 0 bridgehead atoms. The summed E-state index contributed by atoms with van der Waals surface area (Å²) in [5.41, 5.74) is 0. The molecule has 0 heterocycles. The van der Waals surface area contributed by atoms with Crippen LogP contribution in [-0.2, 0) is 42.1 Å². The van der Waals surface area contributed by atoms with Gasteiger partial charge >= 0.3 is 74.3 Å². The van der Waals surface area contributed by atoms with Gasteiger partial charge in [-0.2, -0.15) is 0 Å². The van der Waals surface area contributed by atoms with Gasteiger partial charge in [-0.1, -0.05) is 0 Å². The van der Waals surface area contributed by atoms with Crippen molar-refractivity contribution in [3.8, 4) is 0 Å². The Kier molecular flexibility index (Phi) is 25.4. The average molecular weight is 683 g/mol. The first-order valence-corrected chi connectivity index (χ1v) is 32.0. The molecule has 35 heavy (non-hydrogen) atoms. The van der Waals surface area contributed by atoms with E-state index in [4.69, 9.17) is 46.9 Å². The third kappa shape index (κ3) is 30.3. The molecule has 0 aliphatic carbocycles. The molecule has 0 aliphatic heterocycles. The molecular weight excluding hydrogens is 641 g/mol. The van der Waals surface area contributed by atoms with Gasteiger partial charge in [-0.3, -0.25) is 9.15 Å². The van der Waals surface area contributed by atoms with Crippen LogP contribution in [0.4, 0.5) is 0 Å². The highest BCUT2D eigenvalue weighted by Gasteiger charge is 2.28. The van der Waals surface area contributed by atoms with Gasteiger partial charge in [0, 0.05) is 0 Å². The molecule has 0 aromatic heterocycles. The monoisotopic (exact) mass is 682 g/mol. The van der Waals surface area contributed by atoms with E-state index in [2.05, 4.69) is 0 Å². The van der Waals surface area contributed by atoms with E-state index in [0.29, 0.717) is 0 Å². The summed E-state index contributed by atoms with van der Waals surface area (Å²) >= 11 is 0. The van der Waals surface area contributed by atoms with Crippen molar-refractivity contribution >= 4 is 102 Å². The minimum atomic E-state index is -1.61. The smallest absolute Gasteiger partial charge is 0.408 e. The quantitative estimate of drug-likeness (QED) is 0.122. The zero-order valence-corrected chi connectivity index (χ0v) is 34.5. The molecule has 22 heteroatoms. The predicted molar refractivity (Wildman–Crippen MR) is 155 cm³/mol. The molecular formula is C13H42O11Si11. The lowest BCUT2D eigenvalue weighted by molar-refractivity contribution is -0.117. The normalized spacial score (nSPS) is 12.9. The lowest BCUT2D eigenvalue weighted by atomic mass is 11.8. The second kappa shape index (κ2) is 22.7. The Hall–Kier alpha value is 1.95. The van der Waals surface area contributed by atoms with Crippen LogP contribution in [0, 0.1) is 0 Å². The lowest BCUT2D eigenvalue weighted by Gasteiger charge is -2.23. The molecule has 204 valence electrons. The van der Waals surface area contributed by atoms with E-state index in [-0.39, 0.29) is 19.5 Å². The SMILES string of the molecule is C[SiH]OO[Si](C)O[Si](C)O[Si](C)O[Si](C)O[Si](C)O[Si](C)O[Si](C)O[Si](C)O[SiH]C.C[Si](C)(C)O. The van der Waals surface area contributed by atoms with Crippen LogP contribution in [0.5, 0.6) is 0 Å². The largest absolute Gasteiger partial charge is 0.438 e. The van der Waals surface area contributed by atoms with Crippen LogP contribution < -0.4 is 0 Å². The molecule has 0 aromatic carbocycles. The van der Waals surface area contributed by atoms with Crippen molar-refractivity contribution in [3.05, 3.63) is 0 Å². The molecule has 1 N–H and O–H groups in total. The van der Waals surface area contributed by atoms with E-state index >= 15 is 0 Å². The van der Waals surface area contributed by atoms with Crippen molar-refractivity contribution in [2.75, 3.05) is 0 Å². The zero-order valence-electron chi connectivity index (χ0n) is 23.2. The molecule has 0 amide bonds. The lowest BCUT2D eigenvalue weighted by Crippen LogP contribution is -2.42. The third-order valence-corrected chi connectivity index (χ3v) is 21.7. The Labute approximate surface area is 233 Å². The van der Waals surface area contributed by atoms with Gasteiger partial charge in [0.1, 0.15) is 0 Å². The molecule has 0 saturated carbocycles. The van der Waals surface area contributed by atoms with Gasteiger partial charge in [0.2, 0.25) is 9.76 Å².